The molecule has 0 saturated carbocycles. The smallest absolute Gasteiger partial charge is 0.224 e. The van der Waals surface area contributed by atoms with Gasteiger partial charge in [-0.1, -0.05) is 13.8 Å². The summed E-state index contributed by atoms with van der Waals surface area (Å²) in [4.78, 5) is 22.5. The maximum absolute atomic E-state index is 11.8. The highest BCUT2D eigenvalue weighted by Crippen LogP contribution is 2.31. The van der Waals surface area contributed by atoms with E-state index in [1.165, 1.54) is 6.33 Å². The molecule has 1 aromatic rings. The SMILES string of the molecule is CNC(=O)C1CCCN(c2ncnc(N)c2C(C)C)C1. The van der Waals surface area contributed by atoms with Gasteiger partial charge < -0.3 is 16.0 Å². The second kappa shape index (κ2) is 6.07. The Labute approximate surface area is 119 Å². The topological polar surface area (TPSA) is 84.1 Å². The lowest BCUT2D eigenvalue weighted by atomic mass is 9.96. The van der Waals surface area contributed by atoms with E-state index in [-0.39, 0.29) is 17.7 Å². The van der Waals surface area contributed by atoms with Crippen LogP contribution in [-0.2, 0) is 4.79 Å². The molecule has 2 rings (SSSR count). The Bertz CT molecular complexity index is 488. The van der Waals surface area contributed by atoms with Crippen LogP contribution in [0.25, 0.3) is 0 Å². The number of amides is 1. The van der Waals surface area contributed by atoms with Crippen LogP contribution < -0.4 is 16.0 Å². The lowest BCUT2D eigenvalue weighted by molar-refractivity contribution is -0.124. The van der Waals surface area contributed by atoms with E-state index in [2.05, 4.69) is 34.0 Å². The van der Waals surface area contributed by atoms with Crippen LogP contribution in [0, 0.1) is 5.92 Å². The first-order valence-electron chi connectivity index (χ1n) is 7.11. The summed E-state index contributed by atoms with van der Waals surface area (Å²) in [6.45, 7) is 5.76. The summed E-state index contributed by atoms with van der Waals surface area (Å²) in [6, 6.07) is 0. The first-order chi connectivity index (χ1) is 9.54. The van der Waals surface area contributed by atoms with Crippen molar-refractivity contribution in [1.82, 2.24) is 15.3 Å². The third kappa shape index (κ3) is 2.84. The fourth-order valence-electron chi connectivity index (χ4n) is 2.79. The zero-order chi connectivity index (χ0) is 14.7. The van der Waals surface area contributed by atoms with Gasteiger partial charge in [-0.15, -0.1) is 0 Å². The molecular formula is C14H23N5O. The maximum atomic E-state index is 11.8. The highest BCUT2D eigenvalue weighted by molar-refractivity contribution is 5.79. The van der Waals surface area contributed by atoms with Crippen LogP contribution in [0.2, 0.25) is 0 Å². The normalized spacial score (nSPS) is 19.2. The molecule has 110 valence electrons. The number of aromatic nitrogens is 2. The first kappa shape index (κ1) is 14.6. The molecule has 0 radical (unpaired) electrons. The summed E-state index contributed by atoms with van der Waals surface area (Å²) in [5.41, 5.74) is 6.97. The van der Waals surface area contributed by atoms with Crippen molar-refractivity contribution >= 4 is 17.5 Å². The van der Waals surface area contributed by atoms with Gasteiger partial charge in [0.25, 0.3) is 0 Å². The second-order valence-corrected chi connectivity index (χ2v) is 5.55. The number of rotatable bonds is 3. The van der Waals surface area contributed by atoms with Crippen molar-refractivity contribution in [3.05, 3.63) is 11.9 Å². The standard InChI is InChI=1S/C14H23N5O/c1-9(2)11-12(15)17-8-18-13(11)19-6-4-5-10(7-19)14(20)16-3/h8-10H,4-7H2,1-3H3,(H,16,20)(H2,15,17,18). The summed E-state index contributed by atoms with van der Waals surface area (Å²) in [7, 11) is 1.68. The number of carbonyl (C=O) groups excluding carboxylic acids is 1. The van der Waals surface area contributed by atoms with Crippen molar-refractivity contribution in [3.8, 4) is 0 Å². The Balaban J connectivity index is 2.27. The predicted octanol–water partition coefficient (Wildman–Crippen LogP) is 1.14. The Kier molecular flexibility index (Phi) is 4.42. The number of nitrogens with two attached hydrogens (primary N) is 1. The van der Waals surface area contributed by atoms with Crippen molar-refractivity contribution in [1.29, 1.82) is 0 Å². The maximum Gasteiger partial charge on any atom is 0.224 e. The van der Waals surface area contributed by atoms with Gasteiger partial charge >= 0.3 is 0 Å². The molecule has 1 atom stereocenters. The molecule has 1 aliphatic rings. The van der Waals surface area contributed by atoms with E-state index in [4.69, 9.17) is 5.73 Å². The molecule has 6 nitrogen and oxygen atoms in total. The molecule has 1 unspecified atom stereocenters. The fraction of sp³-hybridized carbons (Fsp3) is 0.643. The lowest BCUT2D eigenvalue weighted by Gasteiger charge is -2.34. The molecule has 6 heteroatoms. The van der Waals surface area contributed by atoms with Gasteiger partial charge in [0.05, 0.1) is 5.92 Å². The van der Waals surface area contributed by atoms with Crippen molar-refractivity contribution in [3.63, 3.8) is 0 Å². The molecule has 1 aromatic heterocycles. The van der Waals surface area contributed by atoms with E-state index in [9.17, 15) is 4.79 Å². The van der Waals surface area contributed by atoms with Gasteiger partial charge in [-0.2, -0.15) is 0 Å². The molecule has 1 fully saturated rings. The molecule has 0 bridgehead atoms. The molecule has 1 aliphatic heterocycles. The number of carbonyl (C=O) groups is 1. The van der Waals surface area contributed by atoms with E-state index in [1.54, 1.807) is 7.05 Å². The Hall–Kier alpha value is -1.85. The Morgan fingerprint density at radius 1 is 1.50 bits per heavy atom. The van der Waals surface area contributed by atoms with Crippen LogP contribution in [0.15, 0.2) is 6.33 Å². The summed E-state index contributed by atoms with van der Waals surface area (Å²) >= 11 is 0. The van der Waals surface area contributed by atoms with E-state index in [1.807, 2.05) is 0 Å². The predicted molar refractivity (Wildman–Crippen MR) is 79.5 cm³/mol. The zero-order valence-electron chi connectivity index (χ0n) is 12.4. The highest BCUT2D eigenvalue weighted by Gasteiger charge is 2.28. The molecule has 20 heavy (non-hydrogen) atoms. The minimum atomic E-state index is 0.0185. The summed E-state index contributed by atoms with van der Waals surface area (Å²) in [6.07, 6.45) is 3.41. The van der Waals surface area contributed by atoms with Crippen LogP contribution in [0.1, 0.15) is 38.2 Å². The van der Waals surface area contributed by atoms with Gasteiger partial charge in [0.15, 0.2) is 0 Å². The van der Waals surface area contributed by atoms with Crippen LogP contribution >= 0.6 is 0 Å². The Morgan fingerprint density at radius 2 is 2.25 bits per heavy atom. The van der Waals surface area contributed by atoms with Crippen molar-refractivity contribution in [2.45, 2.75) is 32.6 Å². The average Bonchev–Trinajstić information content (AvgIpc) is 2.45. The molecular weight excluding hydrogens is 254 g/mol. The van der Waals surface area contributed by atoms with Crippen molar-refractivity contribution in [2.24, 2.45) is 5.92 Å². The van der Waals surface area contributed by atoms with Gasteiger partial charge in [-0.3, -0.25) is 4.79 Å². The van der Waals surface area contributed by atoms with Gasteiger partial charge in [-0.05, 0) is 18.8 Å². The van der Waals surface area contributed by atoms with Gasteiger partial charge in [0.2, 0.25) is 5.91 Å². The minimum Gasteiger partial charge on any atom is -0.383 e. The summed E-state index contributed by atoms with van der Waals surface area (Å²) in [5, 5.41) is 2.73. The molecule has 0 spiro atoms. The third-order valence-corrected chi connectivity index (χ3v) is 3.81. The van der Waals surface area contributed by atoms with Gasteiger partial charge in [0, 0.05) is 25.7 Å². The average molecular weight is 277 g/mol. The lowest BCUT2D eigenvalue weighted by Crippen LogP contribution is -2.43. The van der Waals surface area contributed by atoms with E-state index in [0.717, 1.165) is 30.8 Å². The number of nitrogens with one attached hydrogen (secondary N) is 1. The minimum absolute atomic E-state index is 0.0185. The van der Waals surface area contributed by atoms with Crippen LogP contribution in [0.3, 0.4) is 0 Å². The van der Waals surface area contributed by atoms with Gasteiger partial charge in [0.1, 0.15) is 18.0 Å². The van der Waals surface area contributed by atoms with Crippen molar-refractivity contribution in [2.75, 3.05) is 30.8 Å². The van der Waals surface area contributed by atoms with Crippen molar-refractivity contribution < 1.29 is 4.79 Å². The fourth-order valence-corrected chi connectivity index (χ4v) is 2.79. The number of nitrogens with zero attached hydrogens (tertiary/aromatic N) is 3. The number of nitrogen functional groups attached to an aromatic ring is 1. The number of hydrogen-bond acceptors (Lipinski definition) is 5. The molecule has 0 aliphatic carbocycles. The van der Waals surface area contributed by atoms with E-state index >= 15 is 0 Å². The summed E-state index contributed by atoms with van der Waals surface area (Å²) < 4.78 is 0. The molecule has 3 N–H and O–H groups in total. The van der Waals surface area contributed by atoms with Crippen LogP contribution in [0.4, 0.5) is 11.6 Å². The first-order valence-corrected chi connectivity index (χ1v) is 7.11. The molecule has 2 heterocycles. The van der Waals surface area contributed by atoms with Crippen LogP contribution in [0.5, 0.6) is 0 Å². The second-order valence-electron chi connectivity index (χ2n) is 5.55. The van der Waals surface area contributed by atoms with E-state index < -0.39 is 0 Å². The third-order valence-electron chi connectivity index (χ3n) is 3.81. The molecule has 0 aromatic carbocycles. The molecule has 1 amide bonds. The number of anilines is 2. The van der Waals surface area contributed by atoms with Gasteiger partial charge in [-0.25, -0.2) is 9.97 Å². The summed E-state index contributed by atoms with van der Waals surface area (Å²) in [5.74, 6) is 1.78. The quantitative estimate of drug-likeness (QED) is 0.865. The number of hydrogen-bond donors (Lipinski definition) is 2. The number of piperidine rings is 1. The zero-order valence-corrected chi connectivity index (χ0v) is 12.4. The Morgan fingerprint density at radius 3 is 2.90 bits per heavy atom. The largest absolute Gasteiger partial charge is 0.383 e. The van der Waals surface area contributed by atoms with Crippen LogP contribution in [-0.4, -0.2) is 36.0 Å². The highest BCUT2D eigenvalue weighted by atomic mass is 16.1. The monoisotopic (exact) mass is 277 g/mol. The molecule has 1 saturated heterocycles. The van der Waals surface area contributed by atoms with E-state index in [0.29, 0.717) is 12.4 Å².